The van der Waals surface area contributed by atoms with Gasteiger partial charge in [-0.3, -0.25) is 0 Å². The number of aromatic nitrogens is 2. The smallest absolute Gasteiger partial charge is 0.139 e. The summed E-state index contributed by atoms with van der Waals surface area (Å²) < 4.78 is 5.93. The highest BCUT2D eigenvalue weighted by Crippen LogP contribution is 2.34. The van der Waals surface area contributed by atoms with E-state index >= 15 is 0 Å². The lowest BCUT2D eigenvalue weighted by atomic mass is 9.78. The highest BCUT2D eigenvalue weighted by Gasteiger charge is 2.21. The molecule has 1 saturated carbocycles. The van der Waals surface area contributed by atoms with Crippen LogP contribution in [-0.2, 0) is 19.4 Å². The van der Waals surface area contributed by atoms with Gasteiger partial charge in [-0.1, -0.05) is 99.5 Å². The van der Waals surface area contributed by atoms with Crippen LogP contribution in [0.2, 0.25) is 0 Å². The standard InChI is InChI=1S/C36H45N3O/c1-39(2)36-33-16-8-9-17-34(33)37-35(38-36)18-10-15-30-21-19-28(20-22-30)11-6-7-12-29-23-25-32(26-24-29)40-27-31-13-4-3-5-14-31/h3-5,8-9,13-14,16-17,23-26,28,30H,6-7,10-12,15,18-22,27H2,1-2H3. The average Bonchev–Trinajstić information content (AvgIpc) is 2.99. The van der Waals surface area contributed by atoms with Crippen molar-refractivity contribution in [3.8, 4) is 5.75 Å². The van der Waals surface area contributed by atoms with E-state index in [0.29, 0.717) is 6.61 Å². The number of aryl methyl sites for hydroxylation is 2. The van der Waals surface area contributed by atoms with Crippen molar-refractivity contribution in [1.29, 1.82) is 0 Å². The first-order valence-corrected chi connectivity index (χ1v) is 15.3. The van der Waals surface area contributed by atoms with Crippen LogP contribution < -0.4 is 9.64 Å². The molecule has 4 heteroatoms. The fourth-order valence-corrected chi connectivity index (χ4v) is 6.17. The molecule has 5 rings (SSSR count). The number of hydrogen-bond acceptors (Lipinski definition) is 4. The molecule has 1 aromatic heterocycles. The number of benzene rings is 3. The molecule has 0 radical (unpaired) electrons. The quantitative estimate of drug-likeness (QED) is 0.160. The fraction of sp³-hybridized carbons (Fsp3) is 0.444. The minimum Gasteiger partial charge on any atom is -0.489 e. The zero-order valence-electron chi connectivity index (χ0n) is 24.4. The molecule has 1 aliphatic rings. The van der Waals surface area contributed by atoms with E-state index in [0.717, 1.165) is 46.6 Å². The summed E-state index contributed by atoms with van der Waals surface area (Å²) in [6, 6.07) is 27.4. The molecule has 40 heavy (non-hydrogen) atoms. The monoisotopic (exact) mass is 535 g/mol. The van der Waals surface area contributed by atoms with Gasteiger partial charge in [0.25, 0.3) is 0 Å². The molecule has 4 nitrogen and oxygen atoms in total. The first kappa shape index (κ1) is 28.1. The van der Waals surface area contributed by atoms with E-state index in [2.05, 4.69) is 91.8 Å². The molecule has 0 bridgehead atoms. The number of nitrogens with zero attached hydrogens (tertiary/aromatic N) is 3. The van der Waals surface area contributed by atoms with Crippen LogP contribution >= 0.6 is 0 Å². The van der Waals surface area contributed by atoms with Crippen LogP contribution in [0.3, 0.4) is 0 Å². The van der Waals surface area contributed by atoms with Crippen molar-refractivity contribution >= 4 is 16.7 Å². The van der Waals surface area contributed by atoms with Crippen molar-refractivity contribution in [1.82, 2.24) is 9.97 Å². The number of fused-ring (bicyclic) bond motifs is 1. The summed E-state index contributed by atoms with van der Waals surface area (Å²) in [5.74, 6) is 4.79. The van der Waals surface area contributed by atoms with Gasteiger partial charge in [-0.15, -0.1) is 0 Å². The first-order chi connectivity index (χ1) is 19.6. The average molecular weight is 536 g/mol. The molecule has 0 atom stereocenters. The number of hydrogen-bond donors (Lipinski definition) is 0. The molecule has 0 amide bonds. The van der Waals surface area contributed by atoms with E-state index in [1.54, 1.807) is 0 Å². The Morgan fingerprint density at radius 1 is 0.675 bits per heavy atom. The zero-order valence-corrected chi connectivity index (χ0v) is 24.4. The molecule has 0 spiro atoms. The maximum atomic E-state index is 5.93. The Morgan fingerprint density at radius 3 is 2.08 bits per heavy atom. The van der Waals surface area contributed by atoms with Gasteiger partial charge >= 0.3 is 0 Å². The van der Waals surface area contributed by atoms with Crippen LogP contribution in [0.1, 0.15) is 74.7 Å². The van der Waals surface area contributed by atoms with E-state index in [1.807, 2.05) is 6.07 Å². The topological polar surface area (TPSA) is 38.2 Å². The summed E-state index contributed by atoms with van der Waals surface area (Å²) in [4.78, 5) is 11.9. The molecule has 1 aliphatic carbocycles. The molecule has 210 valence electrons. The third kappa shape index (κ3) is 8.06. The Balaban J connectivity index is 0.958. The van der Waals surface area contributed by atoms with Crippen LogP contribution in [0.4, 0.5) is 5.82 Å². The Kier molecular flexibility index (Phi) is 10.1. The van der Waals surface area contributed by atoms with E-state index in [-0.39, 0.29) is 0 Å². The molecular formula is C36H45N3O. The maximum absolute atomic E-state index is 5.93. The lowest BCUT2D eigenvalue weighted by Crippen LogP contribution is -2.15. The van der Waals surface area contributed by atoms with E-state index in [4.69, 9.17) is 14.7 Å². The number of anilines is 1. The SMILES string of the molecule is CN(C)c1nc(CCCC2CCC(CCCCc3ccc(OCc4ccccc4)cc3)CC2)nc2ccccc12. The predicted octanol–water partition coefficient (Wildman–Crippen LogP) is 8.82. The molecule has 0 aliphatic heterocycles. The summed E-state index contributed by atoms with van der Waals surface area (Å²) in [5, 5.41) is 1.14. The fourth-order valence-electron chi connectivity index (χ4n) is 6.17. The van der Waals surface area contributed by atoms with Gasteiger partial charge in [0.2, 0.25) is 0 Å². The summed E-state index contributed by atoms with van der Waals surface area (Å²) in [6.07, 6.45) is 14.3. The van der Waals surface area contributed by atoms with Crippen molar-refractivity contribution in [2.24, 2.45) is 11.8 Å². The largest absolute Gasteiger partial charge is 0.489 e. The highest BCUT2D eigenvalue weighted by atomic mass is 16.5. The summed E-state index contributed by atoms with van der Waals surface area (Å²) in [7, 11) is 4.13. The van der Waals surface area contributed by atoms with Gasteiger partial charge in [-0.05, 0) is 66.5 Å². The third-order valence-electron chi connectivity index (χ3n) is 8.53. The summed E-state index contributed by atoms with van der Waals surface area (Å²) >= 11 is 0. The number of para-hydroxylation sites is 1. The summed E-state index contributed by atoms with van der Waals surface area (Å²) in [5.41, 5.74) is 3.68. The maximum Gasteiger partial charge on any atom is 0.139 e. The second kappa shape index (κ2) is 14.3. The first-order valence-electron chi connectivity index (χ1n) is 15.3. The number of ether oxygens (including phenoxy) is 1. The number of rotatable bonds is 13. The molecular weight excluding hydrogens is 490 g/mol. The van der Waals surface area contributed by atoms with E-state index in [9.17, 15) is 0 Å². The van der Waals surface area contributed by atoms with Crippen molar-refractivity contribution in [2.75, 3.05) is 19.0 Å². The third-order valence-corrected chi connectivity index (χ3v) is 8.53. The van der Waals surface area contributed by atoms with Gasteiger partial charge in [0.05, 0.1) is 5.52 Å². The molecule has 3 aromatic carbocycles. The molecule has 1 heterocycles. The lowest BCUT2D eigenvalue weighted by molar-refractivity contribution is 0.246. The molecule has 0 N–H and O–H groups in total. The molecule has 4 aromatic rings. The highest BCUT2D eigenvalue weighted by molar-refractivity contribution is 5.89. The minimum atomic E-state index is 0.624. The Hall–Kier alpha value is -3.40. The molecule has 0 saturated heterocycles. The van der Waals surface area contributed by atoms with Crippen molar-refractivity contribution in [3.63, 3.8) is 0 Å². The van der Waals surface area contributed by atoms with Gasteiger partial charge in [0.1, 0.15) is 24.0 Å². The van der Waals surface area contributed by atoms with Crippen LogP contribution in [-0.4, -0.2) is 24.1 Å². The second-order valence-electron chi connectivity index (χ2n) is 11.8. The van der Waals surface area contributed by atoms with Gasteiger partial charge in [0.15, 0.2) is 0 Å². The van der Waals surface area contributed by atoms with Gasteiger partial charge in [-0.2, -0.15) is 0 Å². The molecule has 1 fully saturated rings. The molecule has 0 unspecified atom stereocenters. The predicted molar refractivity (Wildman–Crippen MR) is 167 cm³/mol. The Bertz CT molecular complexity index is 1310. The lowest BCUT2D eigenvalue weighted by Gasteiger charge is -2.28. The van der Waals surface area contributed by atoms with Crippen molar-refractivity contribution < 1.29 is 4.74 Å². The van der Waals surface area contributed by atoms with E-state index < -0.39 is 0 Å². The van der Waals surface area contributed by atoms with Crippen LogP contribution in [0.15, 0.2) is 78.9 Å². The van der Waals surface area contributed by atoms with Crippen molar-refractivity contribution in [2.45, 2.75) is 77.2 Å². The second-order valence-corrected chi connectivity index (χ2v) is 11.8. The van der Waals surface area contributed by atoms with Crippen LogP contribution in [0.25, 0.3) is 10.9 Å². The Labute approximate surface area is 240 Å². The van der Waals surface area contributed by atoms with E-state index in [1.165, 1.54) is 75.3 Å². The Morgan fingerprint density at radius 2 is 1.35 bits per heavy atom. The van der Waals surface area contributed by atoms with Gasteiger partial charge in [-0.25, -0.2) is 9.97 Å². The normalized spacial score (nSPS) is 17.1. The zero-order chi connectivity index (χ0) is 27.6. The van der Waals surface area contributed by atoms with Crippen molar-refractivity contribution in [3.05, 3.63) is 95.8 Å². The summed E-state index contributed by atoms with van der Waals surface area (Å²) in [6.45, 7) is 0.624. The van der Waals surface area contributed by atoms with Gasteiger partial charge in [0, 0.05) is 25.9 Å². The van der Waals surface area contributed by atoms with Crippen LogP contribution in [0.5, 0.6) is 5.75 Å². The van der Waals surface area contributed by atoms with Gasteiger partial charge < -0.3 is 9.64 Å². The minimum absolute atomic E-state index is 0.624. The van der Waals surface area contributed by atoms with Crippen LogP contribution in [0, 0.1) is 11.8 Å². The number of unbranched alkanes of at least 4 members (excludes halogenated alkanes) is 1.